The van der Waals surface area contributed by atoms with Crippen LogP contribution in [0.2, 0.25) is 0 Å². The second kappa shape index (κ2) is 8.03. The Hall–Kier alpha value is -2.22. The van der Waals surface area contributed by atoms with E-state index in [1.165, 1.54) is 24.3 Å². The lowest BCUT2D eigenvalue weighted by Crippen LogP contribution is -2.47. The molecular weight excluding hydrogens is 381 g/mol. The van der Waals surface area contributed by atoms with Crippen molar-refractivity contribution in [2.24, 2.45) is 10.3 Å². The molecule has 1 aromatic rings. The van der Waals surface area contributed by atoms with Crippen molar-refractivity contribution in [3.05, 3.63) is 41.2 Å². The van der Waals surface area contributed by atoms with Crippen molar-refractivity contribution in [1.82, 2.24) is 10.2 Å². The summed E-state index contributed by atoms with van der Waals surface area (Å²) in [4.78, 5) is 14.2. The van der Waals surface area contributed by atoms with E-state index in [-0.39, 0.29) is 22.8 Å². The Morgan fingerprint density at radius 2 is 1.89 bits per heavy atom. The first-order valence-electron chi connectivity index (χ1n) is 9.60. The van der Waals surface area contributed by atoms with Crippen molar-refractivity contribution in [1.29, 1.82) is 0 Å². The molecule has 1 N–H and O–H groups in total. The number of likely N-dealkylation sites (tertiary alicyclic amines) is 1. The van der Waals surface area contributed by atoms with E-state index in [2.05, 4.69) is 9.71 Å². The Labute approximate surface area is 165 Å². The van der Waals surface area contributed by atoms with Gasteiger partial charge in [-0.25, -0.2) is 4.39 Å². The molecule has 0 unspecified atom stereocenters. The number of sulfonamides is 1. The van der Waals surface area contributed by atoms with E-state index in [9.17, 15) is 17.6 Å². The van der Waals surface area contributed by atoms with Crippen LogP contribution in [0.5, 0.6) is 0 Å². The number of nitrogens with zero attached hydrogens (tertiary/aromatic N) is 2. The first-order valence-corrected chi connectivity index (χ1v) is 11.0. The van der Waals surface area contributed by atoms with Crippen LogP contribution in [0.15, 0.2) is 34.2 Å². The second-order valence-corrected chi connectivity index (χ2v) is 8.97. The number of hydrogen-bond acceptors (Lipinski definition) is 4. The molecule has 0 aromatic heterocycles. The smallest absolute Gasteiger partial charge is 0.285 e. The Morgan fingerprint density at radius 3 is 2.46 bits per heavy atom. The number of hydrogen-bond donors (Lipinski definition) is 1. The minimum absolute atomic E-state index is 0.00850. The largest absolute Gasteiger partial charge is 0.356 e. The molecule has 6 nitrogen and oxygen atoms in total. The lowest BCUT2D eigenvalue weighted by atomic mass is 10.0. The Bertz CT molecular complexity index is 915. The minimum atomic E-state index is -3.81. The molecule has 1 fully saturated rings. The van der Waals surface area contributed by atoms with Crippen molar-refractivity contribution in [3.8, 4) is 0 Å². The van der Waals surface area contributed by atoms with Crippen LogP contribution in [0.1, 0.15) is 45.6 Å². The first-order chi connectivity index (χ1) is 13.2. The third-order valence-electron chi connectivity index (χ3n) is 5.45. The van der Waals surface area contributed by atoms with Crippen molar-refractivity contribution in [2.45, 2.75) is 46.1 Å². The number of rotatable bonds is 4. The molecule has 152 valence electrons. The molecule has 1 aromatic carbocycles. The molecule has 2 aliphatic heterocycles. The number of halogens is 1. The molecule has 28 heavy (non-hydrogen) atoms. The van der Waals surface area contributed by atoms with Crippen LogP contribution in [0, 0.1) is 11.7 Å². The van der Waals surface area contributed by atoms with Gasteiger partial charge in [0, 0.05) is 30.6 Å². The number of carbonyl (C=O) groups excluding carboxylic acids is 1. The standard InChI is InChI=1S/C20H26FN3O3S/c1-4-13(2)20(25)22-17-9-11-24(12-10-17)19-14(3)18(28(26,27)23-19)15-5-7-16(21)8-6-15/h5-8,13,17H,4,9-12H2,1-3H3,(H,22,25)/t13-/m1/s1. The SMILES string of the molecule is CC[C@@H](C)C(=O)NC1CCN(C2=NS(=O)(=O)C(c3ccc(F)cc3)=C2C)CC1. The number of amidine groups is 1. The zero-order valence-corrected chi connectivity index (χ0v) is 17.2. The zero-order chi connectivity index (χ0) is 20.5. The average molecular weight is 408 g/mol. The van der Waals surface area contributed by atoms with Gasteiger partial charge in [-0.15, -0.1) is 4.40 Å². The monoisotopic (exact) mass is 407 g/mol. The molecule has 0 radical (unpaired) electrons. The summed E-state index contributed by atoms with van der Waals surface area (Å²) < 4.78 is 42.4. The molecule has 1 saturated heterocycles. The molecule has 1 amide bonds. The molecule has 3 rings (SSSR count). The summed E-state index contributed by atoms with van der Waals surface area (Å²) in [6, 6.07) is 5.50. The lowest BCUT2D eigenvalue weighted by molar-refractivity contribution is -0.125. The summed E-state index contributed by atoms with van der Waals surface area (Å²) >= 11 is 0. The van der Waals surface area contributed by atoms with Gasteiger partial charge in [-0.1, -0.05) is 26.0 Å². The maximum atomic E-state index is 13.2. The van der Waals surface area contributed by atoms with E-state index in [0.717, 1.165) is 19.3 Å². The predicted octanol–water partition coefficient (Wildman–Crippen LogP) is 2.93. The van der Waals surface area contributed by atoms with E-state index < -0.39 is 15.8 Å². The summed E-state index contributed by atoms with van der Waals surface area (Å²) in [5, 5.41) is 3.08. The van der Waals surface area contributed by atoms with Gasteiger partial charge in [0.2, 0.25) is 5.91 Å². The summed E-state index contributed by atoms with van der Waals surface area (Å²) in [5.41, 5.74) is 1.02. The van der Waals surface area contributed by atoms with Gasteiger partial charge in [-0.3, -0.25) is 4.79 Å². The van der Waals surface area contributed by atoms with Gasteiger partial charge in [-0.2, -0.15) is 8.42 Å². The number of carbonyl (C=O) groups is 1. The topological polar surface area (TPSA) is 78.8 Å². The number of amides is 1. The predicted molar refractivity (Wildman–Crippen MR) is 108 cm³/mol. The van der Waals surface area contributed by atoms with Crippen LogP contribution < -0.4 is 5.32 Å². The molecule has 2 aliphatic rings. The quantitative estimate of drug-likeness (QED) is 0.832. The van der Waals surface area contributed by atoms with E-state index in [4.69, 9.17) is 0 Å². The number of nitrogens with one attached hydrogen (secondary N) is 1. The summed E-state index contributed by atoms with van der Waals surface area (Å²) in [5.74, 6) is 0.0910. The third kappa shape index (κ3) is 4.11. The van der Waals surface area contributed by atoms with Crippen LogP contribution in [-0.4, -0.2) is 44.2 Å². The molecule has 0 saturated carbocycles. The molecule has 8 heteroatoms. The highest BCUT2D eigenvalue weighted by molar-refractivity contribution is 8.00. The maximum absolute atomic E-state index is 13.2. The van der Waals surface area contributed by atoms with Crippen LogP contribution in [0.4, 0.5) is 4.39 Å². The Balaban J connectivity index is 1.73. The van der Waals surface area contributed by atoms with Crippen molar-refractivity contribution in [3.63, 3.8) is 0 Å². The average Bonchev–Trinajstić information content (AvgIpc) is 2.91. The normalized spacial score (nSPS) is 20.9. The Morgan fingerprint density at radius 1 is 1.29 bits per heavy atom. The highest BCUT2D eigenvalue weighted by Crippen LogP contribution is 2.34. The molecule has 0 spiro atoms. The van der Waals surface area contributed by atoms with Gasteiger partial charge in [0.05, 0.1) is 0 Å². The van der Waals surface area contributed by atoms with Crippen LogP contribution in [-0.2, 0) is 14.8 Å². The van der Waals surface area contributed by atoms with E-state index in [1.54, 1.807) is 6.92 Å². The maximum Gasteiger partial charge on any atom is 0.285 e. The van der Waals surface area contributed by atoms with Gasteiger partial charge in [0.1, 0.15) is 16.6 Å². The summed E-state index contributed by atoms with van der Waals surface area (Å²) in [6.07, 6.45) is 2.27. The fourth-order valence-electron chi connectivity index (χ4n) is 3.55. The number of benzene rings is 1. The minimum Gasteiger partial charge on any atom is -0.356 e. The van der Waals surface area contributed by atoms with Crippen molar-refractivity contribution < 1.29 is 17.6 Å². The van der Waals surface area contributed by atoms with Crippen LogP contribution in [0.3, 0.4) is 0 Å². The van der Waals surface area contributed by atoms with Gasteiger partial charge in [0.25, 0.3) is 10.0 Å². The Kier molecular flexibility index (Phi) is 5.88. The van der Waals surface area contributed by atoms with Crippen LogP contribution in [0.25, 0.3) is 4.91 Å². The molecule has 0 bridgehead atoms. The fourth-order valence-corrected chi connectivity index (χ4v) is 5.03. The molecular formula is C20H26FN3O3S. The van der Waals surface area contributed by atoms with Crippen molar-refractivity contribution >= 4 is 26.7 Å². The zero-order valence-electron chi connectivity index (χ0n) is 16.4. The highest BCUT2D eigenvalue weighted by Gasteiger charge is 2.35. The molecule has 2 heterocycles. The summed E-state index contributed by atoms with van der Waals surface area (Å²) in [7, 11) is -3.81. The van der Waals surface area contributed by atoms with Crippen LogP contribution >= 0.6 is 0 Å². The molecule has 0 aliphatic carbocycles. The fraction of sp³-hybridized carbons (Fsp3) is 0.500. The lowest BCUT2D eigenvalue weighted by Gasteiger charge is -2.34. The third-order valence-corrected chi connectivity index (χ3v) is 6.92. The number of piperidine rings is 1. The first kappa shape index (κ1) is 20.5. The van der Waals surface area contributed by atoms with E-state index in [0.29, 0.717) is 30.1 Å². The van der Waals surface area contributed by atoms with E-state index in [1.807, 2.05) is 18.7 Å². The highest BCUT2D eigenvalue weighted by atomic mass is 32.2. The molecule has 1 atom stereocenters. The van der Waals surface area contributed by atoms with Gasteiger partial charge >= 0.3 is 0 Å². The van der Waals surface area contributed by atoms with E-state index >= 15 is 0 Å². The van der Waals surface area contributed by atoms with Gasteiger partial charge in [0.15, 0.2) is 0 Å². The van der Waals surface area contributed by atoms with Crippen molar-refractivity contribution in [2.75, 3.05) is 13.1 Å². The van der Waals surface area contributed by atoms with Gasteiger partial charge in [-0.05, 0) is 43.9 Å². The van der Waals surface area contributed by atoms with Gasteiger partial charge < -0.3 is 10.2 Å². The summed E-state index contributed by atoms with van der Waals surface area (Å²) in [6.45, 7) is 6.87. The second-order valence-electron chi connectivity index (χ2n) is 7.43.